The highest BCUT2D eigenvalue weighted by atomic mass is 32.2. The highest BCUT2D eigenvalue weighted by molar-refractivity contribution is 7.99. The van der Waals surface area contributed by atoms with Crippen LogP contribution < -0.4 is 5.32 Å². The number of nitrogens with one attached hydrogen (secondary N) is 1. The number of benzene rings is 1. The molecule has 1 aromatic carbocycles. The average Bonchev–Trinajstić information content (AvgIpc) is 3.05. The molecular weight excluding hydrogens is 300 g/mol. The minimum Gasteiger partial charge on any atom is -0.450 e. The molecule has 0 radical (unpaired) electrons. The van der Waals surface area contributed by atoms with E-state index < -0.39 is 0 Å². The van der Waals surface area contributed by atoms with E-state index in [9.17, 15) is 4.79 Å². The number of fused-ring (bicyclic) bond motifs is 1. The second-order valence-electron chi connectivity index (χ2n) is 5.14. The third-order valence-corrected chi connectivity index (χ3v) is 5.06. The molecule has 22 heavy (non-hydrogen) atoms. The third-order valence-electron chi connectivity index (χ3n) is 3.65. The Morgan fingerprint density at radius 2 is 2.32 bits per heavy atom. The van der Waals surface area contributed by atoms with Crippen molar-refractivity contribution in [1.82, 2.24) is 20.1 Å². The molecule has 0 bridgehead atoms. The lowest BCUT2D eigenvalue weighted by molar-refractivity contribution is 0.148. The van der Waals surface area contributed by atoms with Gasteiger partial charge in [-0.1, -0.05) is 36.0 Å². The number of carbonyl (C=O) groups excluding carboxylic acids is 1. The zero-order chi connectivity index (χ0) is 15.5. The summed E-state index contributed by atoms with van der Waals surface area (Å²) in [6.45, 7) is 2.17. The standard InChI is InChI=1S/C15H18N4O2S/c1-3-21-15(20)17-12-8-10-6-4-5-7-11(10)13(12)22-14-18-16-9-19(14)2/h4-7,9,12-13H,3,8H2,1-2H3,(H,17,20). The van der Waals surface area contributed by atoms with Crippen LogP contribution in [0, 0.1) is 0 Å². The van der Waals surface area contributed by atoms with Crippen LogP contribution in [0.2, 0.25) is 0 Å². The van der Waals surface area contributed by atoms with Gasteiger partial charge in [-0.2, -0.15) is 0 Å². The Labute approximate surface area is 133 Å². The first-order chi connectivity index (χ1) is 10.7. The van der Waals surface area contributed by atoms with Crippen molar-refractivity contribution in [2.24, 2.45) is 7.05 Å². The maximum Gasteiger partial charge on any atom is 0.407 e. The topological polar surface area (TPSA) is 69.0 Å². The molecule has 2 atom stereocenters. The van der Waals surface area contributed by atoms with Gasteiger partial charge in [0, 0.05) is 7.05 Å². The van der Waals surface area contributed by atoms with E-state index in [0.29, 0.717) is 6.61 Å². The van der Waals surface area contributed by atoms with Gasteiger partial charge in [0.15, 0.2) is 5.16 Å². The molecule has 0 fully saturated rings. The van der Waals surface area contributed by atoms with Gasteiger partial charge in [-0.3, -0.25) is 0 Å². The van der Waals surface area contributed by atoms with Gasteiger partial charge in [0.2, 0.25) is 0 Å². The van der Waals surface area contributed by atoms with Crippen LogP contribution in [0.4, 0.5) is 4.79 Å². The van der Waals surface area contributed by atoms with Gasteiger partial charge in [0.05, 0.1) is 17.9 Å². The van der Waals surface area contributed by atoms with E-state index in [0.717, 1.165) is 11.6 Å². The molecule has 116 valence electrons. The van der Waals surface area contributed by atoms with Crippen molar-refractivity contribution in [3.05, 3.63) is 41.7 Å². The smallest absolute Gasteiger partial charge is 0.407 e. The zero-order valence-electron chi connectivity index (χ0n) is 12.5. The van der Waals surface area contributed by atoms with Gasteiger partial charge in [0.25, 0.3) is 0 Å². The van der Waals surface area contributed by atoms with Gasteiger partial charge < -0.3 is 14.6 Å². The fourth-order valence-corrected chi connectivity index (χ4v) is 3.87. The predicted molar refractivity (Wildman–Crippen MR) is 83.7 cm³/mol. The quantitative estimate of drug-likeness (QED) is 0.937. The molecule has 1 amide bonds. The normalized spacial score (nSPS) is 19.7. The maximum atomic E-state index is 11.8. The van der Waals surface area contributed by atoms with Crippen molar-refractivity contribution < 1.29 is 9.53 Å². The molecule has 3 rings (SSSR count). The summed E-state index contributed by atoms with van der Waals surface area (Å²) in [5.41, 5.74) is 2.49. The Hall–Kier alpha value is -2.02. The van der Waals surface area contributed by atoms with Crippen LogP contribution in [0.3, 0.4) is 0 Å². The van der Waals surface area contributed by atoms with Gasteiger partial charge >= 0.3 is 6.09 Å². The number of thioether (sulfide) groups is 1. The van der Waals surface area contributed by atoms with E-state index in [1.165, 1.54) is 11.1 Å². The Kier molecular flexibility index (Phi) is 4.33. The fourth-order valence-electron chi connectivity index (χ4n) is 2.65. The van der Waals surface area contributed by atoms with E-state index in [-0.39, 0.29) is 17.4 Å². The van der Waals surface area contributed by atoms with Crippen LogP contribution in [0.1, 0.15) is 23.3 Å². The molecular formula is C15H18N4O2S. The van der Waals surface area contributed by atoms with Crippen LogP contribution in [0.25, 0.3) is 0 Å². The van der Waals surface area contributed by atoms with Gasteiger partial charge in [-0.05, 0) is 24.5 Å². The molecule has 0 saturated heterocycles. The second kappa shape index (κ2) is 6.39. The highest BCUT2D eigenvalue weighted by Gasteiger charge is 2.35. The number of hydrogen-bond acceptors (Lipinski definition) is 5. The summed E-state index contributed by atoms with van der Waals surface area (Å²) in [4.78, 5) is 11.8. The largest absolute Gasteiger partial charge is 0.450 e. The SMILES string of the molecule is CCOC(=O)NC1Cc2ccccc2C1Sc1nncn1C. The number of nitrogens with zero attached hydrogens (tertiary/aromatic N) is 3. The van der Waals surface area contributed by atoms with Gasteiger partial charge in [0.1, 0.15) is 6.33 Å². The summed E-state index contributed by atoms with van der Waals surface area (Å²) in [5, 5.41) is 11.9. The van der Waals surface area contributed by atoms with Crippen molar-refractivity contribution in [3.8, 4) is 0 Å². The van der Waals surface area contributed by atoms with Crippen LogP contribution in [-0.2, 0) is 18.2 Å². The Morgan fingerprint density at radius 1 is 1.50 bits per heavy atom. The number of rotatable bonds is 4. The van der Waals surface area contributed by atoms with Crippen LogP contribution in [-0.4, -0.2) is 33.5 Å². The minimum atomic E-state index is -0.371. The van der Waals surface area contributed by atoms with E-state index in [2.05, 4.69) is 27.6 Å². The van der Waals surface area contributed by atoms with E-state index in [1.54, 1.807) is 25.0 Å². The van der Waals surface area contributed by atoms with Crippen molar-refractivity contribution >= 4 is 17.9 Å². The predicted octanol–water partition coefficient (Wildman–Crippen LogP) is 2.32. The van der Waals surface area contributed by atoms with Crippen molar-refractivity contribution in [2.45, 2.75) is 29.8 Å². The summed E-state index contributed by atoms with van der Waals surface area (Å²) >= 11 is 1.61. The maximum absolute atomic E-state index is 11.8. The van der Waals surface area contributed by atoms with E-state index in [1.807, 2.05) is 23.7 Å². The first-order valence-corrected chi connectivity index (χ1v) is 8.08. The van der Waals surface area contributed by atoms with E-state index in [4.69, 9.17) is 4.74 Å². The number of hydrogen-bond donors (Lipinski definition) is 1. The Morgan fingerprint density at radius 3 is 3.05 bits per heavy atom. The fraction of sp³-hybridized carbons (Fsp3) is 0.400. The van der Waals surface area contributed by atoms with Crippen LogP contribution in [0.15, 0.2) is 35.7 Å². The number of ether oxygens (including phenoxy) is 1. The molecule has 1 N–H and O–H groups in total. The number of amides is 1. The molecule has 0 aliphatic heterocycles. The summed E-state index contributed by atoms with van der Waals surface area (Å²) in [6.07, 6.45) is 2.10. The molecule has 0 saturated carbocycles. The minimum absolute atomic E-state index is 0.0156. The Bertz CT molecular complexity index is 673. The number of aromatic nitrogens is 3. The molecule has 1 aliphatic rings. The number of aryl methyl sites for hydroxylation is 1. The molecule has 1 heterocycles. The van der Waals surface area contributed by atoms with Gasteiger partial charge in [-0.25, -0.2) is 4.79 Å². The van der Waals surface area contributed by atoms with Crippen LogP contribution >= 0.6 is 11.8 Å². The third kappa shape index (κ3) is 2.94. The second-order valence-corrected chi connectivity index (χ2v) is 6.25. The van der Waals surface area contributed by atoms with E-state index >= 15 is 0 Å². The number of alkyl carbamates (subject to hydrolysis) is 1. The lowest BCUT2D eigenvalue weighted by atomic mass is 10.1. The summed E-state index contributed by atoms with van der Waals surface area (Å²) in [6, 6.07) is 8.24. The molecule has 2 aromatic rings. The first kappa shape index (κ1) is 14.9. The molecule has 1 aliphatic carbocycles. The lowest BCUT2D eigenvalue weighted by Crippen LogP contribution is -2.37. The molecule has 2 unspecified atom stereocenters. The molecule has 6 nitrogen and oxygen atoms in total. The molecule has 0 spiro atoms. The zero-order valence-corrected chi connectivity index (χ0v) is 13.3. The summed E-state index contributed by atoms with van der Waals surface area (Å²) in [5.74, 6) is 0. The van der Waals surface area contributed by atoms with Crippen molar-refractivity contribution in [2.75, 3.05) is 6.61 Å². The monoisotopic (exact) mass is 318 g/mol. The molecule has 7 heteroatoms. The molecule has 1 aromatic heterocycles. The summed E-state index contributed by atoms with van der Waals surface area (Å²) < 4.78 is 6.90. The Balaban J connectivity index is 1.83. The van der Waals surface area contributed by atoms with Crippen LogP contribution in [0.5, 0.6) is 0 Å². The average molecular weight is 318 g/mol. The van der Waals surface area contributed by atoms with Gasteiger partial charge in [-0.15, -0.1) is 10.2 Å². The van der Waals surface area contributed by atoms with Crippen molar-refractivity contribution in [1.29, 1.82) is 0 Å². The summed E-state index contributed by atoms with van der Waals surface area (Å²) in [7, 11) is 1.91. The first-order valence-electron chi connectivity index (χ1n) is 7.20. The van der Waals surface area contributed by atoms with Crippen molar-refractivity contribution in [3.63, 3.8) is 0 Å². The highest BCUT2D eigenvalue weighted by Crippen LogP contribution is 2.44. The lowest BCUT2D eigenvalue weighted by Gasteiger charge is -2.20. The number of carbonyl (C=O) groups is 1.